The second kappa shape index (κ2) is 4.67. The van der Waals surface area contributed by atoms with Crippen molar-refractivity contribution in [3.63, 3.8) is 0 Å². The minimum Gasteiger partial charge on any atom is -0.507 e. The summed E-state index contributed by atoms with van der Waals surface area (Å²) in [5.41, 5.74) is 3.04. The van der Waals surface area contributed by atoms with E-state index in [4.69, 9.17) is 0 Å². The molecule has 0 fully saturated rings. The first-order valence-corrected chi connectivity index (χ1v) is 5.30. The largest absolute Gasteiger partial charge is 0.507 e. The molecule has 1 nitrogen and oxygen atoms in total. The van der Waals surface area contributed by atoms with Gasteiger partial charge in [-0.15, -0.1) is 6.58 Å². The highest BCUT2D eigenvalue weighted by atomic mass is 16.3. The zero-order chi connectivity index (χ0) is 11.4. The smallest absolute Gasteiger partial charge is 0.123 e. The molecule has 1 N–H and O–H groups in total. The highest BCUT2D eigenvalue weighted by Crippen LogP contribution is 2.32. The molecule has 0 aliphatic rings. The van der Waals surface area contributed by atoms with Crippen LogP contribution in [0, 0.1) is 0 Å². The second-order valence-corrected chi connectivity index (χ2v) is 3.67. The van der Waals surface area contributed by atoms with Gasteiger partial charge in [0.2, 0.25) is 0 Å². The van der Waals surface area contributed by atoms with Crippen molar-refractivity contribution < 1.29 is 5.11 Å². The number of allylic oxidation sites excluding steroid dienone is 1. The molecule has 0 aliphatic heterocycles. The summed E-state index contributed by atoms with van der Waals surface area (Å²) in [6, 6.07) is 15.5. The maximum atomic E-state index is 9.94. The topological polar surface area (TPSA) is 20.2 Å². The molecule has 0 heterocycles. The third-order valence-corrected chi connectivity index (χ3v) is 2.56. The summed E-state index contributed by atoms with van der Waals surface area (Å²) in [7, 11) is 0. The Morgan fingerprint density at radius 1 is 1.00 bits per heavy atom. The van der Waals surface area contributed by atoms with Gasteiger partial charge in [0.05, 0.1) is 0 Å². The number of hydrogen-bond acceptors (Lipinski definition) is 1. The molecule has 0 unspecified atom stereocenters. The van der Waals surface area contributed by atoms with Crippen molar-refractivity contribution >= 4 is 0 Å². The van der Waals surface area contributed by atoms with E-state index < -0.39 is 0 Å². The number of phenolic OH excluding ortho intramolecular Hbond substituents is 1. The zero-order valence-corrected chi connectivity index (χ0v) is 9.06. The molecule has 0 saturated heterocycles. The van der Waals surface area contributed by atoms with Crippen molar-refractivity contribution in [2.75, 3.05) is 0 Å². The molecule has 0 aromatic heterocycles. The monoisotopic (exact) mass is 210 g/mol. The average molecular weight is 210 g/mol. The normalized spacial score (nSPS) is 10.0. The van der Waals surface area contributed by atoms with Gasteiger partial charge in [0.15, 0.2) is 0 Å². The molecule has 1 heteroatoms. The maximum absolute atomic E-state index is 9.94. The predicted molar refractivity (Wildman–Crippen MR) is 67.4 cm³/mol. The van der Waals surface area contributed by atoms with E-state index in [0.717, 1.165) is 23.1 Å². The molecule has 0 aliphatic carbocycles. The molecule has 0 bridgehead atoms. The van der Waals surface area contributed by atoms with Crippen LogP contribution in [0.3, 0.4) is 0 Å². The molecule has 0 atom stereocenters. The quantitative estimate of drug-likeness (QED) is 0.764. The summed E-state index contributed by atoms with van der Waals surface area (Å²) in [5, 5.41) is 9.94. The highest BCUT2D eigenvalue weighted by molar-refractivity contribution is 5.73. The molecule has 0 radical (unpaired) electrons. The third kappa shape index (κ3) is 1.98. The lowest BCUT2D eigenvalue weighted by atomic mass is 9.97. The van der Waals surface area contributed by atoms with Crippen LogP contribution in [-0.2, 0) is 6.42 Å². The summed E-state index contributed by atoms with van der Waals surface area (Å²) in [4.78, 5) is 0. The molecule has 0 amide bonds. The Morgan fingerprint density at radius 2 is 1.75 bits per heavy atom. The van der Waals surface area contributed by atoms with E-state index in [1.54, 1.807) is 6.07 Å². The minimum absolute atomic E-state index is 0.325. The molecule has 16 heavy (non-hydrogen) atoms. The fourth-order valence-corrected chi connectivity index (χ4v) is 1.85. The first-order chi connectivity index (χ1) is 7.83. The van der Waals surface area contributed by atoms with Crippen molar-refractivity contribution in [1.82, 2.24) is 0 Å². The minimum atomic E-state index is 0.325. The Hall–Kier alpha value is -2.02. The summed E-state index contributed by atoms with van der Waals surface area (Å²) in [6.07, 6.45) is 2.61. The van der Waals surface area contributed by atoms with Crippen molar-refractivity contribution in [2.45, 2.75) is 6.42 Å². The summed E-state index contributed by atoms with van der Waals surface area (Å²) < 4.78 is 0. The van der Waals surface area contributed by atoms with Gasteiger partial charge in [-0.2, -0.15) is 0 Å². The van der Waals surface area contributed by atoms with Crippen LogP contribution in [-0.4, -0.2) is 5.11 Å². The van der Waals surface area contributed by atoms with Crippen LogP contribution >= 0.6 is 0 Å². The van der Waals surface area contributed by atoms with Crippen molar-refractivity contribution in [3.8, 4) is 16.9 Å². The van der Waals surface area contributed by atoms with Gasteiger partial charge in [-0.05, 0) is 23.6 Å². The van der Waals surface area contributed by atoms with E-state index in [2.05, 4.69) is 6.58 Å². The number of hydrogen-bond donors (Lipinski definition) is 1. The average Bonchev–Trinajstić information content (AvgIpc) is 2.31. The van der Waals surface area contributed by atoms with E-state index in [1.807, 2.05) is 48.5 Å². The van der Waals surface area contributed by atoms with E-state index in [1.165, 1.54) is 0 Å². The second-order valence-electron chi connectivity index (χ2n) is 3.67. The van der Waals surface area contributed by atoms with E-state index in [0.29, 0.717) is 5.75 Å². The molecule has 2 rings (SSSR count). The summed E-state index contributed by atoms with van der Waals surface area (Å²) in [5.74, 6) is 0.325. The van der Waals surface area contributed by atoms with Gasteiger partial charge >= 0.3 is 0 Å². The lowest BCUT2D eigenvalue weighted by Gasteiger charge is -2.10. The maximum Gasteiger partial charge on any atom is 0.123 e. The van der Waals surface area contributed by atoms with Crippen molar-refractivity contribution in [3.05, 3.63) is 66.7 Å². The molecular weight excluding hydrogens is 196 g/mol. The standard InChI is InChI=1S/C15H14O/c1-2-7-12-10-6-11-14(16)15(12)13-8-4-3-5-9-13/h2-6,8-11,16H,1,7H2. The van der Waals surface area contributed by atoms with Crippen molar-refractivity contribution in [2.24, 2.45) is 0 Å². The van der Waals surface area contributed by atoms with Crippen LogP contribution in [0.25, 0.3) is 11.1 Å². The number of rotatable bonds is 3. The van der Waals surface area contributed by atoms with Gasteiger partial charge in [0.25, 0.3) is 0 Å². The van der Waals surface area contributed by atoms with Crippen molar-refractivity contribution in [1.29, 1.82) is 0 Å². The van der Waals surface area contributed by atoms with Gasteiger partial charge in [0.1, 0.15) is 5.75 Å². The number of aromatic hydroxyl groups is 1. The summed E-state index contributed by atoms with van der Waals surface area (Å²) >= 11 is 0. The lowest BCUT2D eigenvalue weighted by Crippen LogP contribution is -1.88. The molecular formula is C15H14O. The molecule has 2 aromatic carbocycles. The first kappa shape index (κ1) is 10.5. The molecule has 80 valence electrons. The van der Waals surface area contributed by atoms with Crippen LogP contribution in [0.1, 0.15) is 5.56 Å². The lowest BCUT2D eigenvalue weighted by molar-refractivity contribution is 0.477. The van der Waals surface area contributed by atoms with Gasteiger partial charge < -0.3 is 5.11 Å². The summed E-state index contributed by atoms with van der Waals surface area (Å²) in [6.45, 7) is 3.74. The Kier molecular flexibility index (Phi) is 3.06. The SMILES string of the molecule is C=CCc1cccc(O)c1-c1ccccc1. The van der Waals surface area contributed by atoms with Gasteiger partial charge in [0, 0.05) is 5.56 Å². The third-order valence-electron chi connectivity index (χ3n) is 2.56. The van der Waals surface area contributed by atoms with Crippen LogP contribution in [0.15, 0.2) is 61.2 Å². The fourth-order valence-electron chi connectivity index (χ4n) is 1.85. The van der Waals surface area contributed by atoms with E-state index in [-0.39, 0.29) is 0 Å². The van der Waals surface area contributed by atoms with Crippen LogP contribution in [0.4, 0.5) is 0 Å². The Labute approximate surface area is 95.7 Å². The molecule has 0 saturated carbocycles. The Bertz CT molecular complexity index is 486. The number of phenols is 1. The Balaban J connectivity index is 2.58. The van der Waals surface area contributed by atoms with Gasteiger partial charge in [-0.3, -0.25) is 0 Å². The van der Waals surface area contributed by atoms with Gasteiger partial charge in [-0.25, -0.2) is 0 Å². The fraction of sp³-hybridized carbons (Fsp3) is 0.0667. The zero-order valence-electron chi connectivity index (χ0n) is 9.06. The molecule has 0 spiro atoms. The number of benzene rings is 2. The first-order valence-electron chi connectivity index (χ1n) is 5.30. The van der Waals surface area contributed by atoms with E-state index in [9.17, 15) is 5.11 Å². The van der Waals surface area contributed by atoms with Crippen LogP contribution < -0.4 is 0 Å². The van der Waals surface area contributed by atoms with Gasteiger partial charge in [-0.1, -0.05) is 48.5 Å². The van der Waals surface area contributed by atoms with Crippen LogP contribution in [0.5, 0.6) is 5.75 Å². The van der Waals surface area contributed by atoms with E-state index >= 15 is 0 Å². The molecule has 2 aromatic rings. The predicted octanol–water partition coefficient (Wildman–Crippen LogP) is 3.79. The highest BCUT2D eigenvalue weighted by Gasteiger charge is 2.08. The Morgan fingerprint density at radius 3 is 2.44 bits per heavy atom. The van der Waals surface area contributed by atoms with Crippen LogP contribution in [0.2, 0.25) is 0 Å².